The van der Waals surface area contributed by atoms with Gasteiger partial charge in [-0.2, -0.15) is 18.3 Å². The molecule has 1 saturated carbocycles. The van der Waals surface area contributed by atoms with E-state index in [1.165, 1.54) is 23.0 Å². The molecule has 1 atom stereocenters. The Bertz CT molecular complexity index is 1440. The van der Waals surface area contributed by atoms with Gasteiger partial charge in [0, 0.05) is 42.9 Å². The highest BCUT2D eigenvalue weighted by atomic mass is 19.4. The molecule has 1 aliphatic heterocycles. The van der Waals surface area contributed by atoms with Gasteiger partial charge in [-0.1, -0.05) is 12.1 Å². The summed E-state index contributed by atoms with van der Waals surface area (Å²) in [6.07, 6.45) is 0.0288. The average Bonchev–Trinajstić information content (AvgIpc) is 3.48. The van der Waals surface area contributed by atoms with Crippen molar-refractivity contribution in [3.8, 4) is 11.1 Å². The van der Waals surface area contributed by atoms with Gasteiger partial charge in [0.1, 0.15) is 5.82 Å². The van der Waals surface area contributed by atoms with E-state index in [0.717, 1.165) is 24.8 Å². The number of nitrogens with zero attached hydrogens (tertiary/aromatic N) is 3. The number of aromatic nitrogens is 2. The molecule has 40 heavy (non-hydrogen) atoms. The molecule has 1 aromatic heterocycles. The second-order valence-corrected chi connectivity index (χ2v) is 11.2. The SMILES string of the molecule is Cc1cc(C(NC(=O)c2cc(CN3CCCC3=N)cc(-c3cn(C(C)C)nc3C(F)(F)F)c2)C2CC2)ccc1F. The van der Waals surface area contributed by atoms with Crippen LogP contribution in [0.2, 0.25) is 0 Å². The largest absolute Gasteiger partial charge is 0.435 e. The first-order valence-corrected chi connectivity index (χ1v) is 13.6. The zero-order valence-electron chi connectivity index (χ0n) is 22.8. The predicted octanol–water partition coefficient (Wildman–Crippen LogP) is 7.05. The summed E-state index contributed by atoms with van der Waals surface area (Å²) >= 11 is 0. The van der Waals surface area contributed by atoms with Crippen molar-refractivity contribution in [2.45, 2.75) is 71.3 Å². The van der Waals surface area contributed by atoms with Gasteiger partial charge in [-0.15, -0.1) is 0 Å². The highest BCUT2D eigenvalue weighted by Gasteiger charge is 2.38. The number of aryl methyl sites for hydroxylation is 1. The summed E-state index contributed by atoms with van der Waals surface area (Å²) in [4.78, 5) is 15.5. The number of nitrogens with one attached hydrogen (secondary N) is 2. The normalized spacial score (nSPS) is 16.6. The molecule has 2 aromatic carbocycles. The van der Waals surface area contributed by atoms with Crippen LogP contribution in [0.25, 0.3) is 11.1 Å². The van der Waals surface area contributed by atoms with E-state index in [9.17, 15) is 22.4 Å². The minimum Gasteiger partial charge on any atom is -0.356 e. The maximum absolute atomic E-state index is 14.0. The zero-order chi connectivity index (χ0) is 28.8. The van der Waals surface area contributed by atoms with Gasteiger partial charge in [0.15, 0.2) is 5.69 Å². The summed E-state index contributed by atoms with van der Waals surface area (Å²) in [6, 6.07) is 8.99. The van der Waals surface area contributed by atoms with Crippen LogP contribution in [0, 0.1) is 24.1 Å². The van der Waals surface area contributed by atoms with E-state index >= 15 is 0 Å². The summed E-state index contributed by atoms with van der Waals surface area (Å²) in [5.74, 6) is -0.0525. The number of likely N-dealkylation sites (tertiary alicyclic amines) is 1. The number of amidine groups is 1. The minimum atomic E-state index is -4.68. The van der Waals surface area contributed by atoms with Crippen molar-refractivity contribution < 1.29 is 22.4 Å². The highest BCUT2D eigenvalue weighted by Crippen LogP contribution is 2.42. The third-order valence-electron chi connectivity index (χ3n) is 7.61. The van der Waals surface area contributed by atoms with Crippen molar-refractivity contribution in [3.63, 3.8) is 0 Å². The van der Waals surface area contributed by atoms with Crippen LogP contribution in [0.3, 0.4) is 0 Å². The van der Waals surface area contributed by atoms with Crippen LogP contribution in [0.5, 0.6) is 0 Å². The van der Waals surface area contributed by atoms with Crippen molar-refractivity contribution in [3.05, 3.63) is 76.4 Å². The van der Waals surface area contributed by atoms with Crippen molar-refractivity contribution in [2.24, 2.45) is 5.92 Å². The fourth-order valence-corrected chi connectivity index (χ4v) is 5.26. The van der Waals surface area contributed by atoms with Crippen LogP contribution in [-0.4, -0.2) is 33.0 Å². The van der Waals surface area contributed by atoms with Gasteiger partial charge in [-0.25, -0.2) is 4.39 Å². The minimum absolute atomic E-state index is 0.0958. The van der Waals surface area contributed by atoms with E-state index in [1.807, 2.05) is 4.90 Å². The van der Waals surface area contributed by atoms with Crippen molar-refractivity contribution in [1.29, 1.82) is 5.41 Å². The summed E-state index contributed by atoms with van der Waals surface area (Å²) in [5, 5.41) is 15.1. The van der Waals surface area contributed by atoms with E-state index in [-0.39, 0.29) is 40.5 Å². The maximum Gasteiger partial charge on any atom is 0.435 e. The molecule has 0 radical (unpaired) electrons. The molecule has 2 fully saturated rings. The first-order chi connectivity index (χ1) is 18.9. The Kier molecular flexibility index (Phi) is 7.46. The molecule has 212 valence electrons. The second kappa shape index (κ2) is 10.7. The number of alkyl halides is 3. The number of carbonyl (C=O) groups excluding carboxylic acids is 1. The van der Waals surface area contributed by atoms with Gasteiger partial charge in [0.05, 0.1) is 11.9 Å². The molecule has 2 N–H and O–H groups in total. The second-order valence-electron chi connectivity index (χ2n) is 11.2. The van der Waals surface area contributed by atoms with E-state index in [2.05, 4.69) is 10.4 Å². The van der Waals surface area contributed by atoms with Crippen LogP contribution in [0.4, 0.5) is 17.6 Å². The fourth-order valence-electron chi connectivity index (χ4n) is 5.26. The lowest BCUT2D eigenvalue weighted by Gasteiger charge is -2.21. The zero-order valence-corrected chi connectivity index (χ0v) is 22.8. The summed E-state index contributed by atoms with van der Waals surface area (Å²) < 4.78 is 57.3. The molecular weight excluding hydrogens is 522 g/mol. The smallest absolute Gasteiger partial charge is 0.356 e. The molecule has 1 amide bonds. The van der Waals surface area contributed by atoms with E-state index in [4.69, 9.17) is 5.41 Å². The Morgan fingerprint density at radius 3 is 2.52 bits per heavy atom. The highest BCUT2D eigenvalue weighted by molar-refractivity contribution is 5.96. The predicted molar refractivity (Wildman–Crippen MR) is 144 cm³/mol. The van der Waals surface area contributed by atoms with Crippen LogP contribution in [0.15, 0.2) is 42.6 Å². The Hall–Kier alpha value is -3.69. The standard InChI is InChI=1S/C30H33F4N5O/c1-17(2)39-16-24(28(37-39)30(32,33)34)22-12-19(15-38-10-4-5-26(38)35)13-23(14-22)29(40)36-27(20-6-7-20)21-8-9-25(31)18(3)11-21/h8-9,11-14,16-17,20,27,35H,4-7,10,15H2,1-3H3,(H,36,40). The summed E-state index contributed by atoms with van der Waals surface area (Å²) in [5.41, 5.74) is 1.30. The Balaban J connectivity index is 1.54. The van der Waals surface area contributed by atoms with Gasteiger partial charge < -0.3 is 10.2 Å². The monoisotopic (exact) mass is 555 g/mol. The number of hydrogen-bond donors (Lipinski definition) is 2. The molecule has 5 rings (SSSR count). The van der Waals surface area contributed by atoms with Crippen molar-refractivity contribution >= 4 is 11.7 Å². The first kappa shape index (κ1) is 27.9. The average molecular weight is 556 g/mol. The third-order valence-corrected chi connectivity index (χ3v) is 7.61. The van der Waals surface area contributed by atoms with Crippen molar-refractivity contribution in [2.75, 3.05) is 6.54 Å². The molecule has 1 aliphatic carbocycles. The molecule has 0 spiro atoms. The van der Waals surface area contributed by atoms with Gasteiger partial charge in [0.25, 0.3) is 5.91 Å². The lowest BCUT2D eigenvalue weighted by Crippen LogP contribution is -2.30. The Morgan fingerprint density at radius 2 is 1.93 bits per heavy atom. The number of hydrogen-bond acceptors (Lipinski definition) is 3. The number of rotatable bonds is 8. The number of halogens is 4. The number of benzene rings is 2. The topological polar surface area (TPSA) is 74.0 Å². The molecule has 1 unspecified atom stereocenters. The van der Waals surface area contributed by atoms with Crippen LogP contribution in [0.1, 0.15) is 84.4 Å². The van der Waals surface area contributed by atoms with Crippen LogP contribution >= 0.6 is 0 Å². The van der Waals surface area contributed by atoms with Gasteiger partial charge in [0.2, 0.25) is 0 Å². The fraction of sp³-hybridized carbons (Fsp3) is 0.433. The summed E-state index contributed by atoms with van der Waals surface area (Å²) in [6.45, 7) is 6.17. The van der Waals surface area contributed by atoms with Gasteiger partial charge in [-0.05, 0) is 92.5 Å². The molecule has 2 aliphatic rings. The molecule has 3 aromatic rings. The summed E-state index contributed by atoms with van der Waals surface area (Å²) in [7, 11) is 0. The van der Waals surface area contributed by atoms with E-state index < -0.39 is 17.8 Å². The lowest BCUT2D eigenvalue weighted by atomic mass is 9.97. The molecule has 6 nitrogen and oxygen atoms in total. The Labute approximate surface area is 230 Å². The lowest BCUT2D eigenvalue weighted by molar-refractivity contribution is -0.141. The quantitative estimate of drug-likeness (QED) is 0.293. The Morgan fingerprint density at radius 1 is 1.18 bits per heavy atom. The van der Waals surface area contributed by atoms with Crippen LogP contribution < -0.4 is 5.32 Å². The molecule has 1 saturated heterocycles. The number of amides is 1. The van der Waals surface area contributed by atoms with Gasteiger partial charge in [-0.3, -0.25) is 14.9 Å². The molecule has 10 heteroatoms. The van der Waals surface area contributed by atoms with E-state index in [0.29, 0.717) is 36.5 Å². The van der Waals surface area contributed by atoms with Crippen molar-refractivity contribution in [1.82, 2.24) is 20.0 Å². The third kappa shape index (κ3) is 5.90. The number of carbonyl (C=O) groups is 1. The maximum atomic E-state index is 14.0. The molecular formula is C30H33F4N5O. The first-order valence-electron chi connectivity index (χ1n) is 13.6. The van der Waals surface area contributed by atoms with Crippen LogP contribution in [-0.2, 0) is 12.7 Å². The van der Waals surface area contributed by atoms with E-state index in [1.54, 1.807) is 45.0 Å². The van der Waals surface area contributed by atoms with Gasteiger partial charge >= 0.3 is 6.18 Å². The molecule has 2 heterocycles. The molecule has 0 bridgehead atoms.